The molecule has 1 saturated carbocycles. The van der Waals surface area contributed by atoms with Crippen LogP contribution in [0.25, 0.3) is 27.6 Å². The number of hydrogen-bond acceptors (Lipinski definition) is 8. The summed E-state index contributed by atoms with van der Waals surface area (Å²) in [4.78, 5) is 45.6. The summed E-state index contributed by atoms with van der Waals surface area (Å²) in [6.45, 7) is 20.1. The first kappa shape index (κ1) is 42.1. The number of esters is 1. The van der Waals surface area contributed by atoms with Gasteiger partial charge in [0.25, 0.3) is 0 Å². The summed E-state index contributed by atoms with van der Waals surface area (Å²) < 4.78 is 14.5. The molecule has 283 valence electrons. The maximum absolute atomic E-state index is 14.0. The monoisotopic (exact) mass is 778 g/mol. The Morgan fingerprint density at radius 2 is 1.58 bits per heavy atom. The molecule has 2 aromatic heterocycles. The molecule has 3 heterocycles. The fourth-order valence-corrected chi connectivity index (χ4v) is 7.19. The standard InChI is InChI=1S/C37H39N3O4.C6H5NO2.O.V/c1-22-19-23(2)36(24(3)20-22)43-37(41)32-26(5)39-30(33(32)27-13-9-7-10-14-27)21-31-34(28-15-11-8-12-16-28)35(38-6)29(40-31)18-17-25(4)44-42;8-6(9)5-3-1-2-4-7-5;;/h7-16,21-24,36H,4,17-20H2,1-3,5H3,(H2,39,40,41,42);1-4H,(H,8,9);;/p-1. The molecule has 2 atom stereocenters. The first-order chi connectivity index (χ1) is 26.5. The van der Waals surface area contributed by atoms with Crippen molar-refractivity contribution in [3.8, 4) is 11.1 Å². The van der Waals surface area contributed by atoms with E-state index in [-0.39, 0.29) is 35.4 Å². The Bertz CT molecular complexity index is 2090. The van der Waals surface area contributed by atoms with Crippen LogP contribution in [0.5, 0.6) is 0 Å². The molecule has 0 amide bonds. The van der Waals surface area contributed by atoms with Crippen LogP contribution >= 0.6 is 0 Å². The molecule has 1 aliphatic carbocycles. The van der Waals surface area contributed by atoms with Crippen molar-refractivity contribution in [3.05, 3.63) is 143 Å². The van der Waals surface area contributed by atoms with Crippen LogP contribution < -0.4 is 4.98 Å². The van der Waals surface area contributed by atoms with Crippen LogP contribution in [0.15, 0.2) is 114 Å². The van der Waals surface area contributed by atoms with Gasteiger partial charge in [0.1, 0.15) is 17.6 Å². The summed E-state index contributed by atoms with van der Waals surface area (Å²) >= 11 is 1.06. The molecular weight excluding hydrogens is 735 g/mol. The number of pyridine rings is 1. The van der Waals surface area contributed by atoms with Gasteiger partial charge in [-0.2, -0.15) is 5.69 Å². The van der Waals surface area contributed by atoms with E-state index in [0.717, 1.165) is 41.3 Å². The molecule has 0 bridgehead atoms. The zero-order valence-electron chi connectivity index (χ0n) is 31.2. The van der Waals surface area contributed by atoms with Crippen molar-refractivity contribution >= 4 is 35.0 Å². The van der Waals surface area contributed by atoms with Crippen LogP contribution in [0.2, 0.25) is 0 Å². The van der Waals surface area contributed by atoms with Gasteiger partial charge in [-0.3, -0.25) is 4.99 Å². The predicted molar refractivity (Wildman–Crippen MR) is 206 cm³/mol. The van der Waals surface area contributed by atoms with E-state index in [1.54, 1.807) is 12.1 Å². The number of carbonyl (C=O) groups excluding carboxylic acids is 1. The normalized spacial score (nSPS) is 19.5. The summed E-state index contributed by atoms with van der Waals surface area (Å²) in [5.41, 5.74) is 6.34. The Morgan fingerprint density at radius 3 is 2.11 bits per heavy atom. The quantitative estimate of drug-likeness (QED) is 0.0527. The second-order valence-corrected chi connectivity index (χ2v) is 13.5. The molecule has 1 aliphatic heterocycles. The molecule has 0 spiro atoms. The van der Waals surface area contributed by atoms with E-state index in [1.807, 2.05) is 73.7 Å². The van der Waals surface area contributed by atoms with Crippen molar-refractivity contribution in [1.29, 1.82) is 0 Å². The van der Waals surface area contributed by atoms with E-state index in [1.165, 1.54) is 12.3 Å². The molecule has 4 aromatic rings. The van der Waals surface area contributed by atoms with Crippen molar-refractivity contribution in [2.75, 3.05) is 0 Å². The zero-order chi connectivity index (χ0) is 40.1. The van der Waals surface area contributed by atoms with Gasteiger partial charge >= 0.3 is 33.0 Å². The number of carbonyl (C=O) groups is 2. The Morgan fingerprint density at radius 1 is 0.982 bits per heavy atom. The number of rotatable bonds is 10. The van der Waals surface area contributed by atoms with Crippen LogP contribution in [0.4, 0.5) is 5.69 Å². The van der Waals surface area contributed by atoms with E-state index in [0.29, 0.717) is 64.0 Å². The number of aromatic nitrogens is 2. The third kappa shape index (κ3) is 10.5. The third-order valence-electron chi connectivity index (χ3n) is 9.46. The average molecular weight is 779 g/mol. The van der Waals surface area contributed by atoms with Crippen LogP contribution in [-0.2, 0) is 41.9 Å². The molecule has 2 N–H and O–H groups in total. The SMILES string of the molecule is O=C(O)c1ccccn1.[C-]#[N+]c1c(CCC(=C)OO)[n-]c(/C=C2\N=C(C)C(C(=O)OC3C(C)CC(C)CC3C)=C2c2ccccc2)c1-c1ccccc1.[O]=[V]. The summed E-state index contributed by atoms with van der Waals surface area (Å²) in [5, 5.41) is 17.3. The average Bonchev–Trinajstić information content (AvgIpc) is 3.72. The number of hydrogen-bond donors (Lipinski definition) is 2. The molecule has 11 nitrogen and oxygen atoms in total. The first-order valence-electron chi connectivity index (χ1n) is 17.7. The van der Waals surface area contributed by atoms with E-state index >= 15 is 0 Å². The number of benzene rings is 2. The van der Waals surface area contributed by atoms with Crippen molar-refractivity contribution in [3.63, 3.8) is 0 Å². The summed E-state index contributed by atoms with van der Waals surface area (Å²) in [6, 6.07) is 24.1. The van der Waals surface area contributed by atoms with Crippen molar-refractivity contribution < 1.29 is 50.6 Å². The van der Waals surface area contributed by atoms with Crippen LogP contribution in [-0.4, -0.2) is 39.1 Å². The van der Waals surface area contributed by atoms with Gasteiger partial charge in [0, 0.05) is 18.2 Å². The molecule has 55 heavy (non-hydrogen) atoms. The fourth-order valence-electron chi connectivity index (χ4n) is 7.19. The number of carboxylic acid groups (broad SMARTS) is 1. The second-order valence-electron chi connectivity index (χ2n) is 13.5. The van der Waals surface area contributed by atoms with Gasteiger partial charge in [0.15, 0.2) is 5.69 Å². The van der Waals surface area contributed by atoms with Crippen molar-refractivity contribution in [2.24, 2.45) is 22.7 Å². The van der Waals surface area contributed by atoms with Gasteiger partial charge in [-0.1, -0.05) is 107 Å². The summed E-state index contributed by atoms with van der Waals surface area (Å²) in [7, 11) is 0. The molecule has 2 aliphatic rings. The summed E-state index contributed by atoms with van der Waals surface area (Å²) in [6.07, 6.45) is 5.86. The number of nitrogens with zero attached hydrogens (tertiary/aromatic N) is 4. The minimum atomic E-state index is -0.990. The number of allylic oxidation sites excluding steroid dienone is 2. The van der Waals surface area contributed by atoms with Gasteiger partial charge in [0.05, 0.1) is 23.6 Å². The molecular formula is C43H43N4O7V-. The van der Waals surface area contributed by atoms with Gasteiger partial charge in [-0.25, -0.2) is 24.7 Å². The van der Waals surface area contributed by atoms with Crippen molar-refractivity contribution in [1.82, 2.24) is 9.97 Å². The number of aliphatic imine (C=N–C) groups is 1. The van der Waals surface area contributed by atoms with E-state index in [4.69, 9.17) is 35.3 Å². The van der Waals surface area contributed by atoms with Gasteiger partial charge in [-0.15, -0.1) is 5.69 Å². The van der Waals surface area contributed by atoms with E-state index in [2.05, 4.69) is 42.1 Å². The molecule has 6 rings (SSSR count). The van der Waals surface area contributed by atoms with Gasteiger partial charge in [0.2, 0.25) is 0 Å². The second kappa shape index (κ2) is 20.1. The van der Waals surface area contributed by atoms with E-state index < -0.39 is 5.97 Å². The Kier molecular flexibility index (Phi) is 15.4. The topological polar surface area (TPSA) is 154 Å². The molecule has 2 unspecified atom stereocenters. The number of aryl methyl sites for hydroxylation is 1. The van der Waals surface area contributed by atoms with Crippen molar-refractivity contribution in [2.45, 2.75) is 59.5 Å². The van der Waals surface area contributed by atoms with Crippen LogP contribution in [0.3, 0.4) is 0 Å². The van der Waals surface area contributed by atoms with Gasteiger partial charge < -0.3 is 19.7 Å². The predicted octanol–water partition coefficient (Wildman–Crippen LogP) is 9.34. The minimum absolute atomic E-state index is 0.0810. The molecule has 12 heteroatoms. The van der Waals surface area contributed by atoms with Crippen LogP contribution in [0.1, 0.15) is 74.4 Å². The molecule has 2 aromatic carbocycles. The van der Waals surface area contributed by atoms with Crippen LogP contribution in [0, 0.1) is 24.3 Å². The molecule has 0 radical (unpaired) electrons. The summed E-state index contributed by atoms with van der Waals surface area (Å²) in [5.74, 6) is -0.0202. The fraction of sp³-hybridized carbons (Fsp3) is 0.279. The van der Waals surface area contributed by atoms with Gasteiger partial charge in [-0.05, 0) is 66.3 Å². The number of carboxylic acids is 1. The molecule has 1 fully saturated rings. The Balaban J connectivity index is 0.000000531. The zero-order valence-corrected chi connectivity index (χ0v) is 32.6. The molecule has 0 saturated heterocycles. The number of aromatic carboxylic acids is 1. The van der Waals surface area contributed by atoms with E-state index in [9.17, 15) is 9.59 Å². The maximum atomic E-state index is 14.0. The Hall–Kier alpha value is -5.67. The number of ether oxygens (including phenoxy) is 1. The third-order valence-corrected chi connectivity index (χ3v) is 9.46. The Labute approximate surface area is 330 Å². The first-order valence-corrected chi connectivity index (χ1v) is 18.3.